The number of likely N-dealkylation sites (tertiary alicyclic amines) is 1. The normalized spacial score (nSPS) is 13.7. The quantitative estimate of drug-likeness (QED) is 0.705. The zero-order valence-electron chi connectivity index (χ0n) is 15.8. The van der Waals surface area contributed by atoms with Gasteiger partial charge >= 0.3 is 0 Å². The second kappa shape index (κ2) is 7.59. The molecular formula is C21H21N3O3S. The van der Waals surface area contributed by atoms with Crippen molar-refractivity contribution in [1.29, 1.82) is 0 Å². The third-order valence-electron chi connectivity index (χ3n) is 4.88. The minimum atomic E-state index is -0.323. The molecule has 2 amide bonds. The second-order valence-corrected chi connectivity index (χ2v) is 8.06. The number of carbonyl (C=O) groups is 2. The average molecular weight is 395 g/mol. The molecule has 28 heavy (non-hydrogen) atoms. The summed E-state index contributed by atoms with van der Waals surface area (Å²) in [5.41, 5.74) is 2.27. The van der Waals surface area contributed by atoms with Crippen molar-refractivity contribution in [2.75, 3.05) is 18.4 Å². The van der Waals surface area contributed by atoms with Crippen LogP contribution in [0.15, 0.2) is 41.0 Å². The van der Waals surface area contributed by atoms with Crippen LogP contribution >= 0.6 is 11.3 Å². The molecule has 0 bridgehead atoms. The van der Waals surface area contributed by atoms with E-state index < -0.39 is 0 Å². The topological polar surface area (TPSA) is 75.4 Å². The molecule has 1 aliphatic heterocycles. The van der Waals surface area contributed by atoms with Crippen LogP contribution in [0.4, 0.5) is 5.69 Å². The SMILES string of the molecule is Cc1cccc(C(=O)N2CCCC2)c1NC(=O)c1nc(-c2ccco2)sc1C. The summed E-state index contributed by atoms with van der Waals surface area (Å²) in [5, 5.41) is 3.58. The summed E-state index contributed by atoms with van der Waals surface area (Å²) in [4.78, 5) is 32.9. The molecule has 1 saturated heterocycles. The van der Waals surface area contributed by atoms with Crippen LogP contribution in [0.3, 0.4) is 0 Å². The number of aromatic nitrogens is 1. The number of thiazole rings is 1. The molecule has 1 fully saturated rings. The van der Waals surface area contributed by atoms with E-state index in [1.807, 2.05) is 36.9 Å². The van der Waals surface area contributed by atoms with Gasteiger partial charge in [0.1, 0.15) is 5.69 Å². The minimum Gasteiger partial charge on any atom is -0.462 e. The molecule has 6 nitrogen and oxygen atoms in total. The fourth-order valence-corrected chi connectivity index (χ4v) is 4.27. The monoisotopic (exact) mass is 395 g/mol. The first kappa shape index (κ1) is 18.4. The van der Waals surface area contributed by atoms with Crippen LogP contribution in [0.2, 0.25) is 0 Å². The third kappa shape index (κ3) is 3.45. The number of para-hydroxylation sites is 1. The lowest BCUT2D eigenvalue weighted by atomic mass is 10.1. The predicted octanol–water partition coefficient (Wildman–Crippen LogP) is 4.51. The summed E-state index contributed by atoms with van der Waals surface area (Å²) in [5.74, 6) is 0.270. The fraction of sp³-hybridized carbons (Fsp3) is 0.286. The van der Waals surface area contributed by atoms with Crippen LogP contribution in [-0.2, 0) is 0 Å². The summed E-state index contributed by atoms with van der Waals surface area (Å²) in [6, 6.07) is 9.10. The summed E-state index contributed by atoms with van der Waals surface area (Å²) in [6.07, 6.45) is 3.62. The number of aryl methyl sites for hydroxylation is 2. The van der Waals surface area contributed by atoms with Crippen LogP contribution in [0.25, 0.3) is 10.8 Å². The Morgan fingerprint density at radius 2 is 1.93 bits per heavy atom. The molecule has 144 valence electrons. The number of carbonyl (C=O) groups excluding carboxylic acids is 2. The maximum Gasteiger partial charge on any atom is 0.275 e. The van der Waals surface area contributed by atoms with Gasteiger partial charge in [0.15, 0.2) is 10.8 Å². The zero-order chi connectivity index (χ0) is 19.7. The number of nitrogens with zero attached hydrogens (tertiary/aromatic N) is 2. The highest BCUT2D eigenvalue weighted by atomic mass is 32.1. The highest BCUT2D eigenvalue weighted by Gasteiger charge is 2.25. The molecule has 0 aliphatic carbocycles. The number of benzene rings is 1. The molecule has 2 aromatic heterocycles. The van der Waals surface area contributed by atoms with E-state index in [2.05, 4.69) is 10.3 Å². The molecule has 0 radical (unpaired) electrons. The summed E-state index contributed by atoms with van der Waals surface area (Å²) < 4.78 is 5.38. The molecule has 3 heterocycles. The lowest BCUT2D eigenvalue weighted by Crippen LogP contribution is -2.29. The van der Waals surface area contributed by atoms with Gasteiger partial charge in [0, 0.05) is 18.0 Å². The van der Waals surface area contributed by atoms with E-state index in [1.54, 1.807) is 18.4 Å². The highest BCUT2D eigenvalue weighted by Crippen LogP contribution is 2.29. The Morgan fingerprint density at radius 1 is 1.14 bits per heavy atom. The smallest absolute Gasteiger partial charge is 0.275 e. The number of nitrogens with one attached hydrogen (secondary N) is 1. The van der Waals surface area contributed by atoms with Crippen molar-refractivity contribution in [3.05, 3.63) is 58.3 Å². The number of hydrogen-bond acceptors (Lipinski definition) is 5. The largest absolute Gasteiger partial charge is 0.462 e. The van der Waals surface area contributed by atoms with Crippen molar-refractivity contribution in [3.8, 4) is 10.8 Å². The lowest BCUT2D eigenvalue weighted by molar-refractivity contribution is 0.0793. The lowest BCUT2D eigenvalue weighted by Gasteiger charge is -2.19. The van der Waals surface area contributed by atoms with Gasteiger partial charge in [-0.25, -0.2) is 4.98 Å². The number of rotatable bonds is 4. The van der Waals surface area contributed by atoms with Gasteiger partial charge in [-0.05, 0) is 50.5 Å². The van der Waals surface area contributed by atoms with Crippen LogP contribution in [0, 0.1) is 13.8 Å². The molecule has 0 spiro atoms. The molecule has 4 rings (SSSR count). The van der Waals surface area contributed by atoms with E-state index in [4.69, 9.17) is 4.42 Å². The summed E-state index contributed by atoms with van der Waals surface area (Å²) in [6.45, 7) is 5.27. The van der Waals surface area contributed by atoms with Gasteiger partial charge in [0.25, 0.3) is 11.8 Å². The first-order valence-corrected chi connectivity index (χ1v) is 10.1. The van der Waals surface area contributed by atoms with E-state index in [0.717, 1.165) is 36.4 Å². The van der Waals surface area contributed by atoms with Crippen molar-refractivity contribution in [2.45, 2.75) is 26.7 Å². The van der Waals surface area contributed by atoms with Crippen LogP contribution in [0.5, 0.6) is 0 Å². The minimum absolute atomic E-state index is 0.0391. The summed E-state index contributed by atoms with van der Waals surface area (Å²) in [7, 11) is 0. The van der Waals surface area contributed by atoms with Crippen molar-refractivity contribution >= 4 is 28.8 Å². The number of anilines is 1. The van der Waals surface area contributed by atoms with Crippen LogP contribution in [0.1, 0.15) is 44.1 Å². The van der Waals surface area contributed by atoms with Crippen LogP contribution in [-0.4, -0.2) is 34.8 Å². The highest BCUT2D eigenvalue weighted by molar-refractivity contribution is 7.15. The van der Waals surface area contributed by atoms with Gasteiger partial charge in [-0.15, -0.1) is 11.3 Å². The van der Waals surface area contributed by atoms with E-state index in [0.29, 0.717) is 27.7 Å². The predicted molar refractivity (Wildman–Crippen MR) is 109 cm³/mol. The van der Waals surface area contributed by atoms with E-state index >= 15 is 0 Å². The van der Waals surface area contributed by atoms with Gasteiger partial charge in [-0.3, -0.25) is 9.59 Å². The Labute approximate surface area is 167 Å². The van der Waals surface area contributed by atoms with Crippen molar-refractivity contribution < 1.29 is 14.0 Å². The number of amides is 2. The maximum atomic E-state index is 12.9. The molecule has 7 heteroatoms. The molecule has 3 aromatic rings. The average Bonchev–Trinajstić information content (AvgIpc) is 3.44. The first-order chi connectivity index (χ1) is 13.5. The van der Waals surface area contributed by atoms with Crippen LogP contribution < -0.4 is 5.32 Å². The van der Waals surface area contributed by atoms with Gasteiger partial charge in [-0.1, -0.05) is 12.1 Å². The molecule has 0 atom stereocenters. The fourth-order valence-electron chi connectivity index (χ4n) is 3.39. The Balaban J connectivity index is 1.62. The van der Waals surface area contributed by atoms with E-state index in [-0.39, 0.29) is 11.8 Å². The number of furan rings is 1. The molecule has 0 unspecified atom stereocenters. The van der Waals surface area contributed by atoms with E-state index in [1.165, 1.54) is 11.3 Å². The van der Waals surface area contributed by atoms with Gasteiger partial charge < -0.3 is 14.6 Å². The van der Waals surface area contributed by atoms with Gasteiger partial charge in [0.2, 0.25) is 0 Å². The molecule has 1 N–H and O–H groups in total. The van der Waals surface area contributed by atoms with Gasteiger partial charge in [-0.2, -0.15) is 0 Å². The summed E-state index contributed by atoms with van der Waals surface area (Å²) >= 11 is 1.41. The molecule has 0 saturated carbocycles. The third-order valence-corrected chi connectivity index (χ3v) is 5.86. The Hall–Kier alpha value is -2.93. The second-order valence-electron chi connectivity index (χ2n) is 6.85. The first-order valence-electron chi connectivity index (χ1n) is 9.26. The van der Waals surface area contributed by atoms with Crippen molar-refractivity contribution in [2.24, 2.45) is 0 Å². The standard InChI is InChI=1S/C21H21N3O3S/c1-13-7-5-8-15(21(26)24-10-3-4-11-24)17(13)22-19(25)18-14(2)28-20(23-18)16-9-6-12-27-16/h5-9,12H,3-4,10-11H2,1-2H3,(H,22,25). The molecule has 1 aliphatic rings. The molecule has 1 aromatic carbocycles. The Bertz CT molecular complexity index is 1020. The Morgan fingerprint density at radius 3 is 2.64 bits per heavy atom. The van der Waals surface area contributed by atoms with Crippen molar-refractivity contribution in [1.82, 2.24) is 9.88 Å². The van der Waals surface area contributed by atoms with E-state index in [9.17, 15) is 9.59 Å². The van der Waals surface area contributed by atoms with Gasteiger partial charge in [0.05, 0.1) is 17.5 Å². The molecular weight excluding hydrogens is 374 g/mol. The zero-order valence-corrected chi connectivity index (χ0v) is 16.6. The Kier molecular flexibility index (Phi) is 5.00. The number of hydrogen-bond donors (Lipinski definition) is 1. The maximum absolute atomic E-state index is 12.9. The van der Waals surface area contributed by atoms with Crippen molar-refractivity contribution in [3.63, 3.8) is 0 Å².